The van der Waals surface area contributed by atoms with Gasteiger partial charge in [-0.25, -0.2) is 0 Å². The number of carboxylic acid groups (broad SMARTS) is 1. The number of rotatable bonds is 7. The SMILES string of the molecule is CCCNC(C(=O)O)C(CC)CC. The molecular weight excluding hydrogens is 166 g/mol. The van der Waals surface area contributed by atoms with Gasteiger partial charge in [-0.15, -0.1) is 0 Å². The van der Waals surface area contributed by atoms with E-state index in [0.29, 0.717) is 0 Å². The molecule has 0 aromatic heterocycles. The number of carbonyl (C=O) groups is 1. The van der Waals surface area contributed by atoms with Gasteiger partial charge in [0.2, 0.25) is 0 Å². The Kier molecular flexibility index (Phi) is 6.59. The molecule has 0 saturated carbocycles. The maximum atomic E-state index is 10.9. The van der Waals surface area contributed by atoms with Crippen LogP contribution in [0.25, 0.3) is 0 Å². The van der Waals surface area contributed by atoms with Crippen LogP contribution >= 0.6 is 0 Å². The van der Waals surface area contributed by atoms with Crippen molar-refractivity contribution >= 4 is 5.97 Å². The van der Waals surface area contributed by atoms with Gasteiger partial charge < -0.3 is 10.4 Å². The van der Waals surface area contributed by atoms with Gasteiger partial charge in [-0.05, 0) is 18.9 Å². The van der Waals surface area contributed by atoms with E-state index >= 15 is 0 Å². The van der Waals surface area contributed by atoms with Crippen LogP contribution in [0.3, 0.4) is 0 Å². The minimum Gasteiger partial charge on any atom is -0.480 e. The van der Waals surface area contributed by atoms with Crippen LogP contribution in [0.2, 0.25) is 0 Å². The summed E-state index contributed by atoms with van der Waals surface area (Å²) in [5.41, 5.74) is 0. The third-order valence-electron chi connectivity index (χ3n) is 2.40. The number of aliphatic carboxylic acids is 1. The fourth-order valence-corrected chi connectivity index (χ4v) is 1.52. The number of hydrogen-bond acceptors (Lipinski definition) is 2. The summed E-state index contributed by atoms with van der Waals surface area (Å²) in [5.74, 6) is -0.466. The molecule has 1 atom stereocenters. The molecular formula is C10H21NO2. The summed E-state index contributed by atoms with van der Waals surface area (Å²) in [6, 6.07) is -0.366. The van der Waals surface area contributed by atoms with Crippen molar-refractivity contribution in [3.8, 4) is 0 Å². The summed E-state index contributed by atoms with van der Waals surface area (Å²) >= 11 is 0. The normalized spacial score (nSPS) is 13.2. The third-order valence-corrected chi connectivity index (χ3v) is 2.40. The highest BCUT2D eigenvalue weighted by molar-refractivity contribution is 5.73. The molecule has 0 rings (SSSR count). The van der Waals surface area contributed by atoms with Crippen LogP contribution in [-0.2, 0) is 4.79 Å². The molecule has 0 aliphatic heterocycles. The predicted octanol–water partition coefficient (Wildman–Crippen LogP) is 1.88. The second-order valence-electron chi connectivity index (χ2n) is 3.35. The van der Waals surface area contributed by atoms with E-state index in [1.165, 1.54) is 0 Å². The topological polar surface area (TPSA) is 49.3 Å². The Morgan fingerprint density at radius 1 is 1.31 bits per heavy atom. The first kappa shape index (κ1) is 12.4. The van der Waals surface area contributed by atoms with Gasteiger partial charge in [0.1, 0.15) is 6.04 Å². The van der Waals surface area contributed by atoms with Crippen molar-refractivity contribution in [2.75, 3.05) is 6.54 Å². The van der Waals surface area contributed by atoms with Gasteiger partial charge in [0.05, 0.1) is 0 Å². The maximum Gasteiger partial charge on any atom is 0.320 e. The summed E-state index contributed by atoms with van der Waals surface area (Å²) in [6.07, 6.45) is 2.82. The van der Waals surface area contributed by atoms with E-state index in [4.69, 9.17) is 5.11 Å². The Labute approximate surface area is 80.5 Å². The fraction of sp³-hybridized carbons (Fsp3) is 0.900. The summed E-state index contributed by atoms with van der Waals surface area (Å²) < 4.78 is 0. The van der Waals surface area contributed by atoms with Gasteiger partial charge in [-0.1, -0.05) is 33.6 Å². The Morgan fingerprint density at radius 3 is 2.15 bits per heavy atom. The Hall–Kier alpha value is -0.570. The second kappa shape index (κ2) is 6.89. The monoisotopic (exact) mass is 187 g/mol. The van der Waals surface area contributed by atoms with Gasteiger partial charge in [0.15, 0.2) is 0 Å². The van der Waals surface area contributed by atoms with Crippen LogP contribution in [0.4, 0.5) is 0 Å². The molecule has 0 aromatic rings. The summed E-state index contributed by atoms with van der Waals surface area (Å²) in [5, 5.41) is 12.0. The zero-order valence-corrected chi connectivity index (χ0v) is 8.84. The van der Waals surface area contributed by atoms with Gasteiger partial charge in [-0.2, -0.15) is 0 Å². The van der Waals surface area contributed by atoms with Gasteiger partial charge in [0.25, 0.3) is 0 Å². The lowest BCUT2D eigenvalue weighted by Gasteiger charge is -2.22. The lowest BCUT2D eigenvalue weighted by molar-refractivity contribution is -0.141. The van der Waals surface area contributed by atoms with Crippen LogP contribution in [0, 0.1) is 5.92 Å². The van der Waals surface area contributed by atoms with Crippen LogP contribution in [0.5, 0.6) is 0 Å². The Balaban J connectivity index is 4.12. The van der Waals surface area contributed by atoms with Crippen molar-refractivity contribution < 1.29 is 9.90 Å². The first-order valence-corrected chi connectivity index (χ1v) is 5.13. The molecule has 0 radical (unpaired) electrons. The summed E-state index contributed by atoms with van der Waals surface area (Å²) in [6.45, 7) is 6.90. The lowest BCUT2D eigenvalue weighted by Crippen LogP contribution is -2.42. The molecule has 0 bridgehead atoms. The van der Waals surface area contributed by atoms with Gasteiger partial charge in [-0.3, -0.25) is 4.79 Å². The van der Waals surface area contributed by atoms with E-state index in [1.54, 1.807) is 0 Å². The predicted molar refractivity (Wildman–Crippen MR) is 53.8 cm³/mol. The summed E-state index contributed by atoms with van der Waals surface area (Å²) in [7, 11) is 0. The van der Waals surface area contributed by atoms with Crippen molar-refractivity contribution in [2.45, 2.75) is 46.1 Å². The van der Waals surface area contributed by atoms with Crippen molar-refractivity contribution in [1.29, 1.82) is 0 Å². The van der Waals surface area contributed by atoms with Gasteiger partial charge in [0, 0.05) is 0 Å². The molecule has 13 heavy (non-hydrogen) atoms. The highest BCUT2D eigenvalue weighted by Crippen LogP contribution is 2.13. The zero-order chi connectivity index (χ0) is 10.3. The van der Waals surface area contributed by atoms with E-state index < -0.39 is 5.97 Å². The molecule has 0 aliphatic rings. The smallest absolute Gasteiger partial charge is 0.320 e. The van der Waals surface area contributed by atoms with E-state index in [2.05, 4.69) is 5.32 Å². The molecule has 3 heteroatoms. The molecule has 0 fully saturated rings. The molecule has 0 aromatic carbocycles. The highest BCUT2D eigenvalue weighted by atomic mass is 16.4. The first-order chi connectivity index (χ1) is 6.17. The van der Waals surface area contributed by atoms with Gasteiger partial charge >= 0.3 is 5.97 Å². The molecule has 1 unspecified atom stereocenters. The van der Waals surface area contributed by atoms with Crippen LogP contribution < -0.4 is 5.32 Å². The van der Waals surface area contributed by atoms with E-state index in [-0.39, 0.29) is 12.0 Å². The average molecular weight is 187 g/mol. The molecule has 2 N–H and O–H groups in total. The minimum atomic E-state index is -0.720. The fourth-order valence-electron chi connectivity index (χ4n) is 1.52. The molecule has 0 spiro atoms. The third kappa shape index (κ3) is 4.27. The second-order valence-corrected chi connectivity index (χ2v) is 3.35. The number of hydrogen-bond donors (Lipinski definition) is 2. The lowest BCUT2D eigenvalue weighted by atomic mass is 9.94. The number of nitrogens with one attached hydrogen (secondary N) is 1. The van der Waals surface area contributed by atoms with E-state index in [0.717, 1.165) is 25.8 Å². The molecule has 0 aliphatic carbocycles. The quantitative estimate of drug-likeness (QED) is 0.639. The van der Waals surface area contributed by atoms with Crippen molar-refractivity contribution in [2.24, 2.45) is 5.92 Å². The van der Waals surface area contributed by atoms with Crippen LogP contribution in [0.15, 0.2) is 0 Å². The largest absolute Gasteiger partial charge is 0.480 e. The number of carboxylic acids is 1. The van der Waals surface area contributed by atoms with E-state index in [1.807, 2.05) is 20.8 Å². The van der Waals surface area contributed by atoms with Crippen LogP contribution in [0.1, 0.15) is 40.0 Å². The zero-order valence-electron chi connectivity index (χ0n) is 8.84. The van der Waals surface area contributed by atoms with Crippen LogP contribution in [-0.4, -0.2) is 23.7 Å². The first-order valence-electron chi connectivity index (χ1n) is 5.13. The minimum absolute atomic E-state index is 0.254. The highest BCUT2D eigenvalue weighted by Gasteiger charge is 2.24. The van der Waals surface area contributed by atoms with Crippen molar-refractivity contribution in [1.82, 2.24) is 5.32 Å². The molecule has 78 valence electrons. The van der Waals surface area contributed by atoms with Crippen molar-refractivity contribution in [3.63, 3.8) is 0 Å². The molecule has 0 amide bonds. The maximum absolute atomic E-state index is 10.9. The van der Waals surface area contributed by atoms with E-state index in [9.17, 15) is 4.79 Å². The molecule has 0 saturated heterocycles. The van der Waals surface area contributed by atoms with Crippen molar-refractivity contribution in [3.05, 3.63) is 0 Å². The summed E-state index contributed by atoms with van der Waals surface area (Å²) in [4.78, 5) is 10.9. The Morgan fingerprint density at radius 2 is 1.85 bits per heavy atom. The molecule has 3 nitrogen and oxygen atoms in total. The standard InChI is InChI=1S/C10H21NO2/c1-4-7-11-9(10(12)13)8(5-2)6-3/h8-9,11H,4-7H2,1-3H3,(H,12,13). The molecule has 0 heterocycles. The average Bonchev–Trinajstić information content (AvgIpc) is 2.11. The Bertz CT molecular complexity index is 144.